The van der Waals surface area contributed by atoms with Crippen LogP contribution in [0.4, 0.5) is 0 Å². The number of rotatable bonds is 3. The Bertz CT molecular complexity index is 328. The third-order valence-corrected chi connectivity index (χ3v) is 3.84. The first-order valence-corrected chi connectivity index (χ1v) is 6.98. The molecule has 0 saturated carbocycles. The highest BCUT2D eigenvalue weighted by Crippen LogP contribution is 2.34. The molecule has 5 heteroatoms. The van der Waals surface area contributed by atoms with E-state index in [2.05, 4.69) is 20.8 Å². The van der Waals surface area contributed by atoms with Crippen LogP contribution in [0.1, 0.15) is 40.5 Å². The molecule has 0 bridgehead atoms. The molecule has 1 aliphatic heterocycles. The predicted octanol–water partition coefficient (Wildman–Crippen LogP) is 1.16. The number of carbonyl (C=O) groups excluding carboxylic acids is 2. The van der Waals surface area contributed by atoms with Crippen LogP contribution >= 0.6 is 0 Å². The Hall–Kier alpha value is -1.10. The second-order valence-electron chi connectivity index (χ2n) is 6.20. The topological polar surface area (TPSA) is 72.6 Å². The number of hydrogen-bond acceptors (Lipinski definition) is 4. The highest BCUT2D eigenvalue weighted by atomic mass is 16.5. The van der Waals surface area contributed by atoms with E-state index in [9.17, 15) is 9.59 Å². The number of piperidine rings is 1. The molecule has 19 heavy (non-hydrogen) atoms. The van der Waals surface area contributed by atoms with Gasteiger partial charge in [-0.3, -0.25) is 4.79 Å². The number of hydrogen-bond donors (Lipinski definition) is 1. The predicted molar refractivity (Wildman–Crippen MR) is 73.4 cm³/mol. The molecule has 0 aromatic heterocycles. The maximum Gasteiger partial charge on any atom is 0.332 e. The SMILES string of the molecule is CCOC(=O)C(N)C(=O)N1CCC(C(C)(C)C)CC1. The molecular formula is C14H26N2O3. The van der Waals surface area contributed by atoms with Crippen molar-refractivity contribution in [3.63, 3.8) is 0 Å². The molecule has 0 aromatic carbocycles. The van der Waals surface area contributed by atoms with E-state index < -0.39 is 12.0 Å². The molecule has 5 nitrogen and oxygen atoms in total. The molecule has 1 fully saturated rings. The Balaban J connectivity index is 2.51. The molecule has 2 N–H and O–H groups in total. The van der Waals surface area contributed by atoms with E-state index in [1.165, 1.54) is 0 Å². The molecule has 0 aromatic rings. The van der Waals surface area contributed by atoms with Gasteiger partial charge in [0.15, 0.2) is 6.04 Å². The van der Waals surface area contributed by atoms with E-state index in [-0.39, 0.29) is 17.9 Å². The molecule has 1 amide bonds. The van der Waals surface area contributed by atoms with Gasteiger partial charge in [-0.2, -0.15) is 0 Å². The molecule has 1 unspecified atom stereocenters. The average Bonchev–Trinajstić information content (AvgIpc) is 2.36. The summed E-state index contributed by atoms with van der Waals surface area (Å²) in [6, 6.07) is -1.17. The lowest BCUT2D eigenvalue weighted by Crippen LogP contribution is -2.51. The van der Waals surface area contributed by atoms with Crippen LogP contribution in [0.3, 0.4) is 0 Å². The number of likely N-dealkylation sites (tertiary alicyclic amines) is 1. The number of esters is 1. The molecule has 1 heterocycles. The summed E-state index contributed by atoms with van der Waals surface area (Å²) < 4.78 is 4.78. The van der Waals surface area contributed by atoms with Gasteiger partial charge in [-0.05, 0) is 31.1 Å². The molecular weight excluding hydrogens is 244 g/mol. The van der Waals surface area contributed by atoms with Crippen molar-refractivity contribution in [1.82, 2.24) is 4.90 Å². The Morgan fingerprint density at radius 2 is 1.84 bits per heavy atom. The molecule has 0 spiro atoms. The van der Waals surface area contributed by atoms with Gasteiger partial charge in [0.25, 0.3) is 5.91 Å². The third kappa shape index (κ3) is 4.20. The zero-order valence-corrected chi connectivity index (χ0v) is 12.4. The van der Waals surface area contributed by atoms with E-state index in [1.54, 1.807) is 11.8 Å². The van der Waals surface area contributed by atoms with Gasteiger partial charge in [0.05, 0.1) is 6.61 Å². The van der Waals surface area contributed by atoms with E-state index in [0.29, 0.717) is 19.0 Å². The van der Waals surface area contributed by atoms with E-state index in [4.69, 9.17) is 10.5 Å². The summed E-state index contributed by atoms with van der Waals surface area (Å²) in [4.78, 5) is 25.2. The second kappa shape index (κ2) is 6.37. The fraction of sp³-hybridized carbons (Fsp3) is 0.857. The highest BCUT2D eigenvalue weighted by molar-refractivity contribution is 6.01. The largest absolute Gasteiger partial charge is 0.464 e. The van der Waals surface area contributed by atoms with Crippen molar-refractivity contribution in [1.29, 1.82) is 0 Å². The lowest BCUT2D eigenvalue weighted by Gasteiger charge is -2.39. The minimum Gasteiger partial charge on any atom is -0.464 e. The Morgan fingerprint density at radius 1 is 1.32 bits per heavy atom. The molecule has 1 saturated heterocycles. The van der Waals surface area contributed by atoms with Crippen LogP contribution in [0, 0.1) is 11.3 Å². The van der Waals surface area contributed by atoms with Gasteiger partial charge >= 0.3 is 5.97 Å². The first-order valence-electron chi connectivity index (χ1n) is 6.98. The van der Waals surface area contributed by atoms with Crippen molar-refractivity contribution >= 4 is 11.9 Å². The molecule has 0 radical (unpaired) electrons. The minimum atomic E-state index is -1.17. The van der Waals surface area contributed by atoms with Gasteiger partial charge in [-0.1, -0.05) is 20.8 Å². The van der Waals surface area contributed by atoms with Crippen molar-refractivity contribution in [2.75, 3.05) is 19.7 Å². The summed E-state index contributed by atoms with van der Waals surface area (Å²) >= 11 is 0. The Labute approximate surface area is 115 Å². The first-order chi connectivity index (χ1) is 8.77. The van der Waals surface area contributed by atoms with Crippen LogP contribution in [0.15, 0.2) is 0 Å². The van der Waals surface area contributed by atoms with Crippen LogP contribution in [0.25, 0.3) is 0 Å². The number of nitrogens with two attached hydrogens (primary N) is 1. The van der Waals surface area contributed by atoms with Gasteiger partial charge in [-0.15, -0.1) is 0 Å². The van der Waals surface area contributed by atoms with Crippen molar-refractivity contribution in [2.24, 2.45) is 17.1 Å². The normalized spacial score (nSPS) is 19.1. The quantitative estimate of drug-likeness (QED) is 0.617. The number of carbonyl (C=O) groups is 2. The first kappa shape index (κ1) is 16.0. The molecule has 1 rings (SSSR count). The lowest BCUT2D eigenvalue weighted by atomic mass is 9.75. The zero-order valence-electron chi connectivity index (χ0n) is 12.4. The molecule has 0 aliphatic carbocycles. The van der Waals surface area contributed by atoms with E-state index >= 15 is 0 Å². The number of amides is 1. The Kier molecular flexibility index (Phi) is 5.35. The van der Waals surface area contributed by atoms with Crippen LogP contribution < -0.4 is 5.73 Å². The van der Waals surface area contributed by atoms with Gasteiger partial charge in [0.2, 0.25) is 0 Å². The lowest BCUT2D eigenvalue weighted by molar-refractivity contribution is -0.151. The van der Waals surface area contributed by atoms with Crippen molar-refractivity contribution in [3.05, 3.63) is 0 Å². The van der Waals surface area contributed by atoms with E-state index in [1.807, 2.05) is 0 Å². The van der Waals surface area contributed by atoms with Gasteiger partial charge in [0, 0.05) is 13.1 Å². The van der Waals surface area contributed by atoms with E-state index in [0.717, 1.165) is 12.8 Å². The highest BCUT2D eigenvalue weighted by Gasteiger charge is 2.34. The van der Waals surface area contributed by atoms with Crippen LogP contribution in [-0.4, -0.2) is 42.5 Å². The van der Waals surface area contributed by atoms with Crippen LogP contribution in [-0.2, 0) is 14.3 Å². The van der Waals surface area contributed by atoms with Crippen LogP contribution in [0.5, 0.6) is 0 Å². The number of ether oxygens (including phenoxy) is 1. The monoisotopic (exact) mass is 270 g/mol. The third-order valence-electron chi connectivity index (χ3n) is 3.84. The number of nitrogens with zero attached hydrogens (tertiary/aromatic N) is 1. The zero-order chi connectivity index (χ0) is 14.6. The molecule has 1 atom stereocenters. The molecule has 1 aliphatic rings. The van der Waals surface area contributed by atoms with Crippen molar-refractivity contribution in [3.8, 4) is 0 Å². The minimum absolute atomic E-state index is 0.242. The molecule has 110 valence electrons. The van der Waals surface area contributed by atoms with Gasteiger partial charge < -0.3 is 15.4 Å². The Morgan fingerprint density at radius 3 is 2.26 bits per heavy atom. The fourth-order valence-electron chi connectivity index (χ4n) is 2.50. The maximum absolute atomic E-state index is 12.1. The standard InChI is InChI=1S/C14H26N2O3/c1-5-19-13(18)11(15)12(17)16-8-6-10(7-9-16)14(2,3)4/h10-11H,5-9,15H2,1-4H3. The van der Waals surface area contributed by atoms with Gasteiger partial charge in [-0.25, -0.2) is 4.79 Å². The summed E-state index contributed by atoms with van der Waals surface area (Å²) in [6.07, 6.45) is 1.93. The maximum atomic E-state index is 12.1. The second-order valence-corrected chi connectivity index (χ2v) is 6.20. The van der Waals surface area contributed by atoms with Crippen molar-refractivity contribution < 1.29 is 14.3 Å². The summed E-state index contributed by atoms with van der Waals surface area (Å²) in [5.41, 5.74) is 5.89. The fourth-order valence-corrected chi connectivity index (χ4v) is 2.50. The summed E-state index contributed by atoms with van der Waals surface area (Å²) in [7, 11) is 0. The summed E-state index contributed by atoms with van der Waals surface area (Å²) in [5.74, 6) is -0.341. The average molecular weight is 270 g/mol. The van der Waals surface area contributed by atoms with Crippen molar-refractivity contribution in [2.45, 2.75) is 46.6 Å². The van der Waals surface area contributed by atoms with Gasteiger partial charge in [0.1, 0.15) is 0 Å². The summed E-state index contributed by atoms with van der Waals surface area (Å²) in [6.45, 7) is 9.95. The van der Waals surface area contributed by atoms with Crippen LogP contribution in [0.2, 0.25) is 0 Å². The smallest absolute Gasteiger partial charge is 0.332 e. The summed E-state index contributed by atoms with van der Waals surface area (Å²) in [5, 5.41) is 0.